The SMILES string of the molecule is O=C(Nc1ccc(-n2cccn2)c(F)c1)c1nnn(-c2ccc(F)cc2)c1C(F)(F)F. The molecule has 4 aromatic rings. The number of nitrogens with zero attached hydrogens (tertiary/aromatic N) is 5. The van der Waals surface area contributed by atoms with Crippen molar-refractivity contribution in [3.05, 3.63) is 83.9 Å². The Labute approximate surface area is 170 Å². The van der Waals surface area contributed by atoms with Crippen LogP contribution in [0.15, 0.2) is 60.9 Å². The molecule has 0 aliphatic rings. The van der Waals surface area contributed by atoms with Crippen LogP contribution in [0.5, 0.6) is 0 Å². The van der Waals surface area contributed by atoms with Crippen LogP contribution in [0.1, 0.15) is 16.2 Å². The molecule has 1 amide bonds. The Morgan fingerprint density at radius 1 is 1.03 bits per heavy atom. The Bertz CT molecular complexity index is 1230. The third-order valence-electron chi connectivity index (χ3n) is 4.18. The minimum Gasteiger partial charge on any atom is -0.320 e. The number of anilines is 1. The first-order valence-corrected chi connectivity index (χ1v) is 8.64. The van der Waals surface area contributed by atoms with Gasteiger partial charge in [0.25, 0.3) is 5.91 Å². The summed E-state index contributed by atoms with van der Waals surface area (Å²) in [4.78, 5) is 12.5. The summed E-state index contributed by atoms with van der Waals surface area (Å²) in [7, 11) is 0. The van der Waals surface area contributed by atoms with Crippen LogP contribution in [0, 0.1) is 11.6 Å². The lowest BCUT2D eigenvalue weighted by atomic mass is 10.2. The van der Waals surface area contributed by atoms with Gasteiger partial charge in [-0.2, -0.15) is 18.3 Å². The molecule has 12 heteroatoms. The zero-order chi connectivity index (χ0) is 22.2. The average molecular weight is 434 g/mol. The van der Waals surface area contributed by atoms with Crippen LogP contribution in [-0.2, 0) is 6.18 Å². The summed E-state index contributed by atoms with van der Waals surface area (Å²) in [6.07, 6.45) is -2.06. The molecular formula is C19H11F5N6O. The third-order valence-corrected chi connectivity index (χ3v) is 4.18. The van der Waals surface area contributed by atoms with E-state index in [-0.39, 0.29) is 17.1 Å². The molecule has 0 aliphatic heterocycles. The number of hydrogen-bond donors (Lipinski definition) is 1. The summed E-state index contributed by atoms with van der Waals surface area (Å²) in [6.45, 7) is 0. The number of hydrogen-bond acceptors (Lipinski definition) is 4. The van der Waals surface area contributed by atoms with Crippen molar-refractivity contribution in [3.63, 3.8) is 0 Å². The lowest BCUT2D eigenvalue weighted by Crippen LogP contribution is -2.21. The van der Waals surface area contributed by atoms with Crippen molar-refractivity contribution in [2.45, 2.75) is 6.18 Å². The number of nitrogens with one attached hydrogen (secondary N) is 1. The molecule has 0 atom stereocenters. The molecule has 0 radical (unpaired) electrons. The fourth-order valence-corrected chi connectivity index (χ4v) is 2.82. The lowest BCUT2D eigenvalue weighted by molar-refractivity contribution is -0.143. The van der Waals surface area contributed by atoms with Crippen LogP contribution < -0.4 is 5.32 Å². The third kappa shape index (κ3) is 3.99. The van der Waals surface area contributed by atoms with Gasteiger partial charge in [-0.05, 0) is 48.5 Å². The molecule has 1 N–H and O–H groups in total. The second kappa shape index (κ2) is 7.63. The fraction of sp³-hybridized carbons (Fsp3) is 0.0526. The highest BCUT2D eigenvalue weighted by Crippen LogP contribution is 2.33. The van der Waals surface area contributed by atoms with Crippen LogP contribution in [0.4, 0.5) is 27.6 Å². The minimum atomic E-state index is -5.00. The number of aromatic nitrogens is 5. The van der Waals surface area contributed by atoms with E-state index in [0.717, 1.165) is 30.3 Å². The van der Waals surface area contributed by atoms with E-state index in [1.54, 1.807) is 6.07 Å². The van der Waals surface area contributed by atoms with Crippen LogP contribution in [0.3, 0.4) is 0 Å². The monoisotopic (exact) mass is 434 g/mol. The zero-order valence-corrected chi connectivity index (χ0v) is 15.3. The zero-order valence-electron chi connectivity index (χ0n) is 15.3. The van der Waals surface area contributed by atoms with Gasteiger partial charge >= 0.3 is 6.18 Å². The maximum Gasteiger partial charge on any atom is 0.435 e. The maximum absolute atomic E-state index is 14.3. The van der Waals surface area contributed by atoms with Crippen LogP contribution in [0.25, 0.3) is 11.4 Å². The van der Waals surface area contributed by atoms with Crippen molar-refractivity contribution in [1.82, 2.24) is 24.8 Å². The molecule has 0 fully saturated rings. The Kier molecular flexibility index (Phi) is 4.97. The molecule has 0 aliphatic carbocycles. The first-order chi connectivity index (χ1) is 14.7. The second-order valence-corrected chi connectivity index (χ2v) is 6.24. The second-order valence-electron chi connectivity index (χ2n) is 6.24. The van der Waals surface area contributed by atoms with Gasteiger partial charge in [-0.1, -0.05) is 5.21 Å². The number of rotatable bonds is 4. The van der Waals surface area contributed by atoms with E-state index in [1.165, 1.54) is 29.2 Å². The minimum absolute atomic E-state index is 0.0845. The Morgan fingerprint density at radius 2 is 1.77 bits per heavy atom. The lowest BCUT2D eigenvalue weighted by Gasteiger charge is -2.12. The summed E-state index contributed by atoms with van der Waals surface area (Å²) >= 11 is 0. The predicted octanol–water partition coefficient (Wildman–Crippen LogP) is 4.00. The van der Waals surface area contributed by atoms with Crippen molar-refractivity contribution in [2.24, 2.45) is 0 Å². The Morgan fingerprint density at radius 3 is 2.39 bits per heavy atom. The van der Waals surface area contributed by atoms with Gasteiger partial charge in [0.1, 0.15) is 11.5 Å². The van der Waals surface area contributed by atoms with Crippen molar-refractivity contribution >= 4 is 11.6 Å². The van der Waals surface area contributed by atoms with Crippen LogP contribution in [0.2, 0.25) is 0 Å². The number of carbonyl (C=O) groups excluding carboxylic acids is 1. The number of benzene rings is 2. The summed E-state index contributed by atoms with van der Waals surface area (Å²) in [5, 5.41) is 12.8. The maximum atomic E-state index is 14.3. The number of carbonyl (C=O) groups is 1. The molecule has 2 aromatic heterocycles. The molecule has 0 unspecified atom stereocenters. The van der Waals surface area contributed by atoms with Gasteiger partial charge in [-0.3, -0.25) is 4.79 Å². The smallest absolute Gasteiger partial charge is 0.320 e. The molecule has 2 heterocycles. The van der Waals surface area contributed by atoms with Gasteiger partial charge < -0.3 is 5.32 Å². The van der Waals surface area contributed by atoms with E-state index < -0.39 is 35.1 Å². The first-order valence-electron chi connectivity index (χ1n) is 8.64. The van der Waals surface area contributed by atoms with Gasteiger partial charge in [0.05, 0.1) is 5.69 Å². The van der Waals surface area contributed by atoms with Crippen LogP contribution in [-0.4, -0.2) is 30.7 Å². The van der Waals surface area contributed by atoms with E-state index in [1.807, 2.05) is 0 Å². The summed E-state index contributed by atoms with van der Waals surface area (Å²) in [5.74, 6) is -2.66. The molecule has 0 saturated heterocycles. The Balaban J connectivity index is 1.66. The summed E-state index contributed by atoms with van der Waals surface area (Å²) in [5.41, 5.74) is -2.63. The van der Waals surface area contributed by atoms with Gasteiger partial charge in [-0.15, -0.1) is 5.10 Å². The van der Waals surface area contributed by atoms with Gasteiger partial charge in [0.15, 0.2) is 17.2 Å². The average Bonchev–Trinajstić information content (AvgIpc) is 3.38. The molecule has 7 nitrogen and oxygen atoms in total. The molecule has 31 heavy (non-hydrogen) atoms. The van der Waals surface area contributed by atoms with E-state index in [4.69, 9.17) is 0 Å². The van der Waals surface area contributed by atoms with Gasteiger partial charge in [0, 0.05) is 18.1 Å². The summed E-state index contributed by atoms with van der Waals surface area (Å²) < 4.78 is 70.0. The largest absolute Gasteiger partial charge is 0.435 e. The van der Waals surface area contributed by atoms with Crippen molar-refractivity contribution in [1.29, 1.82) is 0 Å². The van der Waals surface area contributed by atoms with Crippen molar-refractivity contribution < 1.29 is 26.7 Å². The van der Waals surface area contributed by atoms with Gasteiger partial charge in [-0.25, -0.2) is 18.1 Å². The van der Waals surface area contributed by atoms with E-state index in [0.29, 0.717) is 4.68 Å². The fourth-order valence-electron chi connectivity index (χ4n) is 2.82. The highest BCUT2D eigenvalue weighted by atomic mass is 19.4. The normalized spacial score (nSPS) is 11.5. The molecular weight excluding hydrogens is 423 g/mol. The van der Waals surface area contributed by atoms with Crippen molar-refractivity contribution in [3.8, 4) is 11.4 Å². The number of alkyl halides is 3. The Hall–Kier alpha value is -4.09. The van der Waals surface area contributed by atoms with E-state index in [9.17, 15) is 26.7 Å². The topological polar surface area (TPSA) is 77.6 Å². The predicted molar refractivity (Wildman–Crippen MR) is 97.8 cm³/mol. The molecule has 0 spiro atoms. The molecule has 4 rings (SSSR count). The summed E-state index contributed by atoms with van der Waals surface area (Å²) in [6, 6.07) is 9.13. The first kappa shape index (κ1) is 20.2. The van der Waals surface area contributed by atoms with Crippen molar-refractivity contribution in [2.75, 3.05) is 5.32 Å². The number of amides is 1. The molecule has 0 bridgehead atoms. The quantitative estimate of drug-likeness (QED) is 0.493. The number of halogens is 5. The van der Waals surface area contributed by atoms with E-state index in [2.05, 4.69) is 20.7 Å². The highest BCUT2D eigenvalue weighted by Gasteiger charge is 2.42. The standard InChI is InChI=1S/C19H11F5N6O/c20-11-2-5-13(6-3-11)30-17(19(22,23)24)16(27-28-30)18(31)26-12-4-7-15(14(21)10-12)29-9-1-8-25-29/h1-10H,(H,26,31). The molecule has 0 saturated carbocycles. The van der Waals surface area contributed by atoms with Gasteiger partial charge in [0.2, 0.25) is 0 Å². The highest BCUT2D eigenvalue weighted by molar-refractivity contribution is 6.03. The molecule has 158 valence electrons. The van der Waals surface area contributed by atoms with Crippen LogP contribution >= 0.6 is 0 Å². The van der Waals surface area contributed by atoms with E-state index >= 15 is 0 Å². The molecule has 2 aromatic carbocycles.